The third-order valence-corrected chi connectivity index (χ3v) is 5.45. The van der Waals surface area contributed by atoms with Crippen molar-refractivity contribution in [3.05, 3.63) is 23.9 Å². The summed E-state index contributed by atoms with van der Waals surface area (Å²) in [5.41, 5.74) is 0.933. The molecule has 1 fully saturated rings. The van der Waals surface area contributed by atoms with Crippen LogP contribution in [0.2, 0.25) is 0 Å². The van der Waals surface area contributed by atoms with Crippen LogP contribution in [-0.4, -0.2) is 43.9 Å². The second kappa shape index (κ2) is 7.20. The number of pyridine rings is 1. The molecular weight excluding hydrogens is 288 g/mol. The molecule has 0 atom stereocenters. The fourth-order valence-corrected chi connectivity index (χ4v) is 3.73. The highest BCUT2D eigenvalue weighted by atomic mass is 32.2. The monoisotopic (exact) mass is 312 g/mol. The summed E-state index contributed by atoms with van der Waals surface area (Å²) < 4.78 is 28.3. The Morgan fingerprint density at radius 1 is 1.29 bits per heavy atom. The van der Waals surface area contributed by atoms with Crippen molar-refractivity contribution < 1.29 is 8.42 Å². The van der Waals surface area contributed by atoms with Gasteiger partial charge in [-0.2, -0.15) is 17.4 Å². The Morgan fingerprint density at radius 2 is 1.95 bits per heavy atom. The third-order valence-electron chi connectivity index (χ3n) is 3.74. The molecule has 0 amide bonds. The molecule has 0 radical (unpaired) electrons. The van der Waals surface area contributed by atoms with Crippen molar-refractivity contribution in [2.24, 2.45) is 0 Å². The lowest BCUT2D eigenvalue weighted by Gasteiger charge is -2.20. The lowest BCUT2D eigenvalue weighted by molar-refractivity contribution is 0.434. The highest BCUT2D eigenvalue weighted by molar-refractivity contribution is 7.87. The van der Waals surface area contributed by atoms with Gasteiger partial charge in [-0.25, -0.2) is 4.98 Å². The molecule has 0 aromatic carbocycles. The number of hydrogen-bond acceptors (Lipinski definition) is 4. The molecule has 7 heteroatoms. The first-order chi connectivity index (χ1) is 10.1. The summed E-state index contributed by atoms with van der Waals surface area (Å²) in [4.78, 5) is 6.61. The summed E-state index contributed by atoms with van der Waals surface area (Å²) in [6.45, 7) is 6.97. The van der Waals surface area contributed by atoms with Crippen LogP contribution in [0.25, 0.3) is 0 Å². The largest absolute Gasteiger partial charge is 0.357 e. The SMILES string of the molecule is CCN(CC)S(=O)(=O)NCc1ccnc(N2CCCC2)c1. The predicted octanol–water partition coefficient (Wildman–Crippen LogP) is 1.36. The van der Waals surface area contributed by atoms with Crippen molar-refractivity contribution in [1.29, 1.82) is 0 Å². The second-order valence-corrected chi connectivity index (χ2v) is 6.88. The Bertz CT molecular complexity index is 552. The number of rotatable bonds is 7. The van der Waals surface area contributed by atoms with E-state index in [0.29, 0.717) is 19.6 Å². The van der Waals surface area contributed by atoms with Crippen molar-refractivity contribution in [2.45, 2.75) is 33.2 Å². The molecule has 1 aromatic rings. The molecule has 2 heterocycles. The number of aromatic nitrogens is 1. The molecule has 1 aromatic heterocycles. The highest BCUT2D eigenvalue weighted by Crippen LogP contribution is 2.18. The standard InChI is InChI=1S/C14H24N4O2S/c1-3-18(4-2)21(19,20)16-12-13-7-8-15-14(11-13)17-9-5-6-10-17/h7-8,11,16H,3-6,9-10,12H2,1-2H3. The van der Waals surface area contributed by atoms with Gasteiger partial charge in [0.2, 0.25) is 0 Å². The number of hydrogen-bond donors (Lipinski definition) is 1. The first kappa shape index (κ1) is 16.2. The minimum Gasteiger partial charge on any atom is -0.357 e. The van der Waals surface area contributed by atoms with E-state index in [2.05, 4.69) is 14.6 Å². The molecular formula is C14H24N4O2S. The Hall–Kier alpha value is -1.18. The third kappa shape index (κ3) is 4.15. The Balaban J connectivity index is 2.01. The van der Waals surface area contributed by atoms with Crippen LogP contribution in [0.3, 0.4) is 0 Å². The zero-order chi connectivity index (χ0) is 15.3. The van der Waals surface area contributed by atoms with Gasteiger partial charge in [0, 0.05) is 38.9 Å². The molecule has 0 aliphatic carbocycles. The lowest BCUT2D eigenvalue weighted by atomic mass is 10.2. The van der Waals surface area contributed by atoms with Crippen molar-refractivity contribution in [2.75, 3.05) is 31.1 Å². The summed E-state index contributed by atoms with van der Waals surface area (Å²) in [7, 11) is -3.40. The maximum Gasteiger partial charge on any atom is 0.279 e. The summed E-state index contributed by atoms with van der Waals surface area (Å²) in [5, 5.41) is 0. The first-order valence-electron chi connectivity index (χ1n) is 7.51. The normalized spacial score (nSPS) is 15.9. The minimum absolute atomic E-state index is 0.294. The molecule has 118 valence electrons. The van der Waals surface area contributed by atoms with Gasteiger partial charge in [0.25, 0.3) is 10.2 Å². The van der Waals surface area contributed by atoms with E-state index < -0.39 is 10.2 Å². The van der Waals surface area contributed by atoms with Crippen LogP contribution < -0.4 is 9.62 Å². The highest BCUT2D eigenvalue weighted by Gasteiger charge is 2.18. The Labute approximate surface area is 127 Å². The van der Waals surface area contributed by atoms with Gasteiger partial charge < -0.3 is 4.90 Å². The average molecular weight is 312 g/mol. The van der Waals surface area contributed by atoms with Crippen molar-refractivity contribution in [1.82, 2.24) is 14.0 Å². The molecule has 0 spiro atoms. The maximum absolute atomic E-state index is 12.1. The van der Waals surface area contributed by atoms with Crippen LogP contribution in [0.1, 0.15) is 32.3 Å². The first-order valence-corrected chi connectivity index (χ1v) is 8.95. The van der Waals surface area contributed by atoms with Crippen molar-refractivity contribution in [3.63, 3.8) is 0 Å². The molecule has 0 saturated carbocycles. The van der Waals surface area contributed by atoms with Crippen LogP contribution in [0.4, 0.5) is 5.82 Å². The fraction of sp³-hybridized carbons (Fsp3) is 0.643. The lowest BCUT2D eigenvalue weighted by Crippen LogP contribution is -2.40. The van der Waals surface area contributed by atoms with E-state index in [0.717, 1.165) is 24.5 Å². The molecule has 2 rings (SSSR count). The molecule has 1 N–H and O–H groups in total. The average Bonchev–Trinajstić information content (AvgIpc) is 3.01. The van der Waals surface area contributed by atoms with Crippen LogP contribution >= 0.6 is 0 Å². The summed E-state index contributed by atoms with van der Waals surface area (Å²) >= 11 is 0. The molecule has 0 bridgehead atoms. The second-order valence-electron chi connectivity index (χ2n) is 5.13. The predicted molar refractivity (Wildman–Crippen MR) is 84.4 cm³/mol. The molecule has 21 heavy (non-hydrogen) atoms. The Kier molecular flexibility index (Phi) is 5.55. The molecule has 1 aliphatic heterocycles. The van der Waals surface area contributed by atoms with Crippen molar-refractivity contribution in [3.8, 4) is 0 Å². The molecule has 1 aliphatic rings. The number of anilines is 1. The van der Waals surface area contributed by atoms with E-state index >= 15 is 0 Å². The van der Waals surface area contributed by atoms with Gasteiger partial charge in [0.15, 0.2) is 0 Å². The van der Waals surface area contributed by atoms with E-state index in [1.807, 2.05) is 26.0 Å². The van der Waals surface area contributed by atoms with E-state index in [-0.39, 0.29) is 0 Å². The zero-order valence-electron chi connectivity index (χ0n) is 12.7. The van der Waals surface area contributed by atoms with Gasteiger partial charge >= 0.3 is 0 Å². The van der Waals surface area contributed by atoms with Crippen LogP contribution in [0, 0.1) is 0 Å². The van der Waals surface area contributed by atoms with Gasteiger partial charge in [0.1, 0.15) is 5.82 Å². The summed E-state index contributed by atoms with van der Waals surface area (Å²) in [5.74, 6) is 0.937. The number of nitrogens with zero attached hydrogens (tertiary/aromatic N) is 3. The van der Waals surface area contributed by atoms with Gasteiger partial charge in [-0.1, -0.05) is 13.8 Å². The van der Waals surface area contributed by atoms with Gasteiger partial charge in [-0.3, -0.25) is 0 Å². The molecule has 6 nitrogen and oxygen atoms in total. The molecule has 0 unspecified atom stereocenters. The maximum atomic E-state index is 12.1. The van der Waals surface area contributed by atoms with Gasteiger partial charge in [-0.15, -0.1) is 0 Å². The Morgan fingerprint density at radius 3 is 2.57 bits per heavy atom. The van der Waals surface area contributed by atoms with Crippen molar-refractivity contribution >= 4 is 16.0 Å². The van der Waals surface area contributed by atoms with E-state index in [9.17, 15) is 8.42 Å². The van der Waals surface area contributed by atoms with Gasteiger partial charge in [-0.05, 0) is 30.5 Å². The summed E-state index contributed by atoms with van der Waals surface area (Å²) in [6, 6.07) is 3.82. The van der Waals surface area contributed by atoms with Crippen LogP contribution in [0.15, 0.2) is 18.3 Å². The summed E-state index contributed by atoms with van der Waals surface area (Å²) in [6.07, 6.45) is 4.13. The quantitative estimate of drug-likeness (QED) is 0.825. The van der Waals surface area contributed by atoms with Gasteiger partial charge in [0.05, 0.1) is 0 Å². The topological polar surface area (TPSA) is 65.5 Å². The fourth-order valence-electron chi connectivity index (χ4n) is 2.52. The van der Waals surface area contributed by atoms with E-state index in [1.165, 1.54) is 17.1 Å². The number of nitrogens with one attached hydrogen (secondary N) is 1. The zero-order valence-corrected chi connectivity index (χ0v) is 13.6. The molecule has 1 saturated heterocycles. The van der Waals surface area contributed by atoms with E-state index in [1.54, 1.807) is 6.20 Å². The smallest absolute Gasteiger partial charge is 0.279 e. The minimum atomic E-state index is -3.40. The van der Waals surface area contributed by atoms with Crippen LogP contribution in [-0.2, 0) is 16.8 Å². The van der Waals surface area contributed by atoms with Crippen LogP contribution in [0.5, 0.6) is 0 Å². The van der Waals surface area contributed by atoms with E-state index in [4.69, 9.17) is 0 Å².